The minimum atomic E-state index is 0.364. The summed E-state index contributed by atoms with van der Waals surface area (Å²) in [5, 5.41) is 4.50. The molecule has 1 aromatic carbocycles. The number of hydrogen-bond donors (Lipinski definition) is 1. The van der Waals surface area contributed by atoms with Gasteiger partial charge in [-0.1, -0.05) is 17.3 Å². The van der Waals surface area contributed by atoms with E-state index in [2.05, 4.69) is 22.3 Å². The zero-order valence-corrected chi connectivity index (χ0v) is 12.8. The third-order valence-corrected chi connectivity index (χ3v) is 5.93. The quantitative estimate of drug-likeness (QED) is 0.937. The zero-order chi connectivity index (χ0) is 13.8. The number of hydrogen-bond acceptors (Lipinski definition) is 6. The fourth-order valence-corrected chi connectivity index (χ4v) is 4.69. The monoisotopic (exact) mass is 307 g/mol. The first-order chi connectivity index (χ1) is 9.86. The standard InChI is InChI=1S/C14H17N3OS2/c15-6-5-10-1-3-11(4-2-10)14-16-13(17-18-14)12-9-19-7-8-20-12/h1-4,12H,5-9,15H2. The Labute approximate surface area is 126 Å². The molecule has 1 aliphatic rings. The van der Waals surface area contributed by atoms with Crippen molar-refractivity contribution in [3.05, 3.63) is 35.7 Å². The van der Waals surface area contributed by atoms with Crippen molar-refractivity contribution in [1.29, 1.82) is 0 Å². The van der Waals surface area contributed by atoms with Crippen molar-refractivity contribution in [2.45, 2.75) is 11.7 Å². The van der Waals surface area contributed by atoms with Gasteiger partial charge < -0.3 is 10.3 Å². The molecule has 2 heterocycles. The number of benzene rings is 1. The normalized spacial score (nSPS) is 19.1. The van der Waals surface area contributed by atoms with E-state index in [9.17, 15) is 0 Å². The van der Waals surface area contributed by atoms with E-state index in [0.29, 0.717) is 17.7 Å². The van der Waals surface area contributed by atoms with Crippen LogP contribution in [-0.2, 0) is 6.42 Å². The van der Waals surface area contributed by atoms with Crippen molar-refractivity contribution in [3.63, 3.8) is 0 Å². The van der Waals surface area contributed by atoms with Gasteiger partial charge in [-0.25, -0.2) is 0 Å². The lowest BCUT2D eigenvalue weighted by Crippen LogP contribution is -2.07. The fourth-order valence-electron chi connectivity index (χ4n) is 2.10. The van der Waals surface area contributed by atoms with Crippen LogP contribution in [0.2, 0.25) is 0 Å². The lowest BCUT2D eigenvalue weighted by molar-refractivity contribution is 0.423. The highest BCUT2D eigenvalue weighted by molar-refractivity contribution is 8.06. The van der Waals surface area contributed by atoms with E-state index in [-0.39, 0.29) is 0 Å². The number of rotatable bonds is 4. The highest BCUT2D eigenvalue weighted by atomic mass is 32.2. The number of nitrogens with two attached hydrogens (primary N) is 1. The Morgan fingerprint density at radius 3 is 2.80 bits per heavy atom. The first-order valence-corrected chi connectivity index (χ1v) is 8.89. The summed E-state index contributed by atoms with van der Waals surface area (Å²) >= 11 is 3.87. The van der Waals surface area contributed by atoms with Crippen LogP contribution in [0.15, 0.2) is 28.8 Å². The largest absolute Gasteiger partial charge is 0.334 e. The summed E-state index contributed by atoms with van der Waals surface area (Å²) in [6, 6.07) is 8.17. The summed E-state index contributed by atoms with van der Waals surface area (Å²) in [6.07, 6.45) is 0.894. The molecule has 1 saturated heterocycles. The Kier molecular flexibility index (Phi) is 4.65. The maximum Gasteiger partial charge on any atom is 0.257 e. The molecule has 2 aromatic rings. The molecule has 1 aliphatic heterocycles. The lowest BCUT2D eigenvalue weighted by atomic mass is 10.1. The fraction of sp³-hybridized carbons (Fsp3) is 0.429. The molecular weight excluding hydrogens is 290 g/mol. The summed E-state index contributed by atoms with van der Waals surface area (Å²) in [6.45, 7) is 0.667. The smallest absolute Gasteiger partial charge is 0.257 e. The van der Waals surface area contributed by atoms with Crippen molar-refractivity contribution in [1.82, 2.24) is 10.1 Å². The predicted molar refractivity (Wildman–Crippen MR) is 85.0 cm³/mol. The second-order valence-corrected chi connectivity index (χ2v) is 7.09. The van der Waals surface area contributed by atoms with E-state index in [1.54, 1.807) is 0 Å². The molecule has 0 saturated carbocycles. The van der Waals surface area contributed by atoms with Gasteiger partial charge >= 0.3 is 0 Å². The maximum absolute atomic E-state index is 5.55. The van der Waals surface area contributed by atoms with Gasteiger partial charge in [-0.15, -0.1) is 11.8 Å². The van der Waals surface area contributed by atoms with Crippen LogP contribution < -0.4 is 5.73 Å². The van der Waals surface area contributed by atoms with Crippen LogP contribution in [0, 0.1) is 0 Å². The van der Waals surface area contributed by atoms with E-state index >= 15 is 0 Å². The Balaban J connectivity index is 1.75. The van der Waals surface area contributed by atoms with Gasteiger partial charge in [0.25, 0.3) is 5.89 Å². The van der Waals surface area contributed by atoms with Gasteiger partial charge in [0.1, 0.15) is 0 Å². The second-order valence-electron chi connectivity index (χ2n) is 4.63. The molecule has 1 aromatic heterocycles. The molecule has 0 amide bonds. The molecule has 1 unspecified atom stereocenters. The van der Waals surface area contributed by atoms with Crippen LogP contribution in [0.3, 0.4) is 0 Å². The molecule has 4 nitrogen and oxygen atoms in total. The van der Waals surface area contributed by atoms with Crippen LogP contribution >= 0.6 is 23.5 Å². The van der Waals surface area contributed by atoms with Crippen LogP contribution in [0.25, 0.3) is 11.5 Å². The van der Waals surface area contributed by atoms with Crippen LogP contribution in [-0.4, -0.2) is 33.9 Å². The molecule has 106 valence electrons. The summed E-state index contributed by atoms with van der Waals surface area (Å²) in [5.74, 6) is 4.87. The predicted octanol–water partition coefficient (Wildman–Crippen LogP) is 2.76. The summed E-state index contributed by atoms with van der Waals surface area (Å²) in [5.41, 5.74) is 7.75. The van der Waals surface area contributed by atoms with E-state index in [1.807, 2.05) is 35.7 Å². The average Bonchev–Trinajstić information content (AvgIpc) is 2.99. The SMILES string of the molecule is NCCc1ccc(-c2nc(C3CSCCS3)no2)cc1. The Morgan fingerprint density at radius 2 is 2.10 bits per heavy atom. The summed E-state index contributed by atoms with van der Waals surface area (Å²) in [7, 11) is 0. The first-order valence-electron chi connectivity index (χ1n) is 6.69. The van der Waals surface area contributed by atoms with E-state index in [4.69, 9.17) is 10.3 Å². The van der Waals surface area contributed by atoms with E-state index < -0.39 is 0 Å². The summed E-state index contributed by atoms with van der Waals surface area (Å²) < 4.78 is 5.40. The molecule has 0 aliphatic carbocycles. The highest BCUT2D eigenvalue weighted by Crippen LogP contribution is 2.35. The number of nitrogens with zero attached hydrogens (tertiary/aromatic N) is 2. The minimum Gasteiger partial charge on any atom is -0.334 e. The van der Waals surface area contributed by atoms with Crippen LogP contribution in [0.1, 0.15) is 16.6 Å². The Bertz CT molecular complexity index is 550. The Morgan fingerprint density at radius 1 is 1.25 bits per heavy atom. The zero-order valence-electron chi connectivity index (χ0n) is 11.1. The van der Waals surface area contributed by atoms with Crippen molar-refractivity contribution >= 4 is 23.5 Å². The van der Waals surface area contributed by atoms with Crippen molar-refractivity contribution in [2.24, 2.45) is 5.73 Å². The second kappa shape index (κ2) is 6.65. The van der Waals surface area contributed by atoms with Gasteiger partial charge in [0.05, 0.1) is 5.25 Å². The number of thioether (sulfide) groups is 2. The molecular formula is C14H17N3OS2. The molecule has 0 spiro atoms. The molecule has 1 fully saturated rings. The highest BCUT2D eigenvalue weighted by Gasteiger charge is 2.22. The maximum atomic E-state index is 5.55. The molecule has 20 heavy (non-hydrogen) atoms. The van der Waals surface area contributed by atoms with Crippen molar-refractivity contribution in [3.8, 4) is 11.5 Å². The molecule has 6 heteroatoms. The molecule has 0 bridgehead atoms. The van der Waals surface area contributed by atoms with Crippen molar-refractivity contribution in [2.75, 3.05) is 23.8 Å². The molecule has 0 radical (unpaired) electrons. The third-order valence-electron chi connectivity index (χ3n) is 3.18. The van der Waals surface area contributed by atoms with E-state index in [1.165, 1.54) is 11.3 Å². The Hall–Kier alpha value is -0.980. The first kappa shape index (κ1) is 14.0. The van der Waals surface area contributed by atoms with Crippen LogP contribution in [0.4, 0.5) is 0 Å². The van der Waals surface area contributed by atoms with Gasteiger partial charge in [-0.05, 0) is 30.7 Å². The van der Waals surface area contributed by atoms with Gasteiger partial charge in [0.15, 0.2) is 5.82 Å². The van der Waals surface area contributed by atoms with Gasteiger partial charge in [0, 0.05) is 22.8 Å². The lowest BCUT2D eigenvalue weighted by Gasteiger charge is -2.16. The third kappa shape index (κ3) is 3.19. The number of aromatic nitrogens is 2. The molecule has 2 N–H and O–H groups in total. The van der Waals surface area contributed by atoms with Gasteiger partial charge in [-0.2, -0.15) is 16.7 Å². The van der Waals surface area contributed by atoms with E-state index in [0.717, 1.165) is 29.3 Å². The average molecular weight is 307 g/mol. The van der Waals surface area contributed by atoms with Crippen molar-refractivity contribution < 1.29 is 4.52 Å². The topological polar surface area (TPSA) is 64.9 Å². The van der Waals surface area contributed by atoms with Gasteiger partial charge in [-0.3, -0.25) is 0 Å². The summed E-state index contributed by atoms with van der Waals surface area (Å²) in [4.78, 5) is 4.54. The van der Waals surface area contributed by atoms with Crippen LogP contribution in [0.5, 0.6) is 0 Å². The van der Waals surface area contributed by atoms with Gasteiger partial charge in [0.2, 0.25) is 0 Å². The minimum absolute atomic E-state index is 0.364. The molecule has 1 atom stereocenters. The molecule has 3 rings (SSSR count).